The molecule has 0 bridgehead atoms. The highest BCUT2D eigenvalue weighted by Gasteiger charge is 2.36. The maximum absolute atomic E-state index is 6.43. The Balaban J connectivity index is 1.38. The van der Waals surface area contributed by atoms with E-state index in [4.69, 9.17) is 14.2 Å². The molecular formula is C27H29O3S. The number of rotatable bonds is 10. The maximum Gasteiger partial charge on any atom is 0.0985 e. The van der Waals surface area contributed by atoms with Gasteiger partial charge in [0.05, 0.1) is 43.9 Å². The van der Waals surface area contributed by atoms with Gasteiger partial charge < -0.3 is 14.2 Å². The molecule has 0 N–H and O–H groups in total. The highest BCUT2D eigenvalue weighted by Crippen LogP contribution is 2.31. The van der Waals surface area contributed by atoms with Gasteiger partial charge in [0.1, 0.15) is 0 Å². The van der Waals surface area contributed by atoms with E-state index in [1.807, 2.05) is 66.4 Å². The van der Waals surface area contributed by atoms with Gasteiger partial charge in [0.15, 0.2) is 0 Å². The summed E-state index contributed by atoms with van der Waals surface area (Å²) in [7, 11) is 0. The molecule has 1 saturated heterocycles. The molecule has 1 fully saturated rings. The molecule has 1 aliphatic heterocycles. The Morgan fingerprint density at radius 1 is 0.645 bits per heavy atom. The maximum atomic E-state index is 6.43. The minimum atomic E-state index is -0.0597. The molecule has 4 rings (SSSR count). The smallest absolute Gasteiger partial charge is 0.0985 e. The van der Waals surface area contributed by atoms with Gasteiger partial charge in [0.2, 0.25) is 0 Å². The Kier molecular flexibility index (Phi) is 8.60. The van der Waals surface area contributed by atoms with Crippen molar-refractivity contribution in [1.82, 2.24) is 0 Å². The largest absolute Gasteiger partial charge is 0.376 e. The minimum Gasteiger partial charge on any atom is -0.376 e. The highest BCUT2D eigenvalue weighted by atomic mass is 32.2. The summed E-state index contributed by atoms with van der Waals surface area (Å²) in [5.74, 6) is 0.935. The van der Waals surface area contributed by atoms with Gasteiger partial charge in [-0.2, -0.15) is 11.8 Å². The predicted octanol–water partition coefficient (Wildman–Crippen LogP) is 5.69. The Morgan fingerprint density at radius 2 is 1.16 bits per heavy atom. The topological polar surface area (TPSA) is 27.7 Å². The van der Waals surface area contributed by atoms with E-state index in [1.165, 1.54) is 16.7 Å². The van der Waals surface area contributed by atoms with Crippen molar-refractivity contribution in [2.24, 2.45) is 0 Å². The van der Waals surface area contributed by atoms with Gasteiger partial charge in [-0.3, -0.25) is 0 Å². The van der Waals surface area contributed by atoms with Gasteiger partial charge in [-0.05, 0) is 22.4 Å². The van der Waals surface area contributed by atoms with Crippen molar-refractivity contribution in [2.45, 2.75) is 37.3 Å². The average molecular weight is 434 g/mol. The van der Waals surface area contributed by atoms with Crippen LogP contribution in [-0.2, 0) is 34.0 Å². The SMILES string of the molecule is [CH]1CS[C@H](COCc2ccccc2)[C@@H](OCc2ccccc2)[C@@H]1OCc1ccccc1. The molecule has 0 saturated carbocycles. The fraction of sp³-hybridized carbons (Fsp3) is 0.296. The number of ether oxygens (including phenoxy) is 3. The van der Waals surface area contributed by atoms with E-state index in [0.29, 0.717) is 26.4 Å². The second-order valence-corrected chi connectivity index (χ2v) is 8.90. The van der Waals surface area contributed by atoms with Crippen molar-refractivity contribution in [3.8, 4) is 0 Å². The highest BCUT2D eigenvalue weighted by molar-refractivity contribution is 8.00. The lowest BCUT2D eigenvalue weighted by Gasteiger charge is -2.37. The molecule has 3 aromatic carbocycles. The second kappa shape index (κ2) is 12.1. The summed E-state index contributed by atoms with van der Waals surface area (Å²) < 4.78 is 18.8. The number of hydrogen-bond acceptors (Lipinski definition) is 4. The first-order valence-electron chi connectivity index (χ1n) is 10.8. The van der Waals surface area contributed by atoms with Crippen molar-refractivity contribution in [1.29, 1.82) is 0 Å². The van der Waals surface area contributed by atoms with Crippen LogP contribution >= 0.6 is 11.8 Å². The molecule has 4 heteroatoms. The number of benzene rings is 3. The molecule has 3 aromatic rings. The molecule has 0 aromatic heterocycles. The van der Waals surface area contributed by atoms with Crippen molar-refractivity contribution >= 4 is 11.8 Å². The van der Waals surface area contributed by atoms with Gasteiger partial charge in [-0.1, -0.05) is 91.0 Å². The standard InChI is InChI=1S/C27H29O3S/c1-4-10-22(11-5-1)18-28-21-26-27(30-20-24-14-8-3-9-15-24)25(16-17-31-26)29-19-23-12-6-2-7-13-23/h1-16,25-27H,17-21H2/t25-,26-,27+/m1/s1. The van der Waals surface area contributed by atoms with Crippen LogP contribution in [0.5, 0.6) is 0 Å². The monoisotopic (exact) mass is 433 g/mol. The normalized spacial score (nSPS) is 21.1. The molecule has 1 heterocycles. The molecule has 161 valence electrons. The molecule has 0 spiro atoms. The lowest BCUT2D eigenvalue weighted by molar-refractivity contribution is -0.0815. The van der Waals surface area contributed by atoms with Crippen molar-refractivity contribution < 1.29 is 14.2 Å². The molecule has 31 heavy (non-hydrogen) atoms. The van der Waals surface area contributed by atoms with Crippen LogP contribution in [0.15, 0.2) is 91.0 Å². The van der Waals surface area contributed by atoms with E-state index in [2.05, 4.69) is 42.8 Å². The quantitative estimate of drug-likeness (QED) is 0.410. The molecule has 0 amide bonds. The van der Waals surface area contributed by atoms with Crippen LogP contribution in [0.4, 0.5) is 0 Å². The lowest BCUT2D eigenvalue weighted by Crippen LogP contribution is -2.46. The van der Waals surface area contributed by atoms with Crippen LogP contribution < -0.4 is 0 Å². The third-order valence-electron chi connectivity index (χ3n) is 5.29. The van der Waals surface area contributed by atoms with Crippen molar-refractivity contribution in [3.05, 3.63) is 114 Å². The average Bonchev–Trinajstić information content (AvgIpc) is 2.84. The summed E-state index contributed by atoms with van der Waals surface area (Å²) in [6, 6.07) is 30.9. The van der Waals surface area contributed by atoms with Crippen LogP contribution in [0.1, 0.15) is 16.7 Å². The Labute approximate surface area is 189 Å². The van der Waals surface area contributed by atoms with E-state index in [-0.39, 0.29) is 17.5 Å². The van der Waals surface area contributed by atoms with E-state index >= 15 is 0 Å². The predicted molar refractivity (Wildman–Crippen MR) is 127 cm³/mol. The first kappa shape index (κ1) is 22.1. The molecule has 1 aliphatic rings. The summed E-state index contributed by atoms with van der Waals surface area (Å²) in [4.78, 5) is 0. The zero-order valence-electron chi connectivity index (χ0n) is 17.6. The minimum absolute atomic E-state index is 0.0570. The Morgan fingerprint density at radius 3 is 1.74 bits per heavy atom. The number of thioether (sulfide) groups is 1. The van der Waals surface area contributed by atoms with Crippen LogP contribution in [0.25, 0.3) is 0 Å². The van der Waals surface area contributed by atoms with Gasteiger partial charge >= 0.3 is 0 Å². The summed E-state index contributed by atoms with van der Waals surface area (Å²) in [6.45, 7) is 2.40. The Bertz CT molecular complexity index is 873. The summed E-state index contributed by atoms with van der Waals surface area (Å²) in [5.41, 5.74) is 3.53. The van der Waals surface area contributed by atoms with Crippen LogP contribution in [0.2, 0.25) is 0 Å². The lowest BCUT2D eigenvalue weighted by atomic mass is 10.1. The van der Waals surface area contributed by atoms with E-state index in [0.717, 1.165) is 5.75 Å². The summed E-state index contributed by atoms with van der Waals surface area (Å²) in [6.07, 6.45) is 2.12. The van der Waals surface area contributed by atoms with E-state index in [9.17, 15) is 0 Å². The first-order valence-corrected chi connectivity index (χ1v) is 11.8. The molecule has 3 nitrogen and oxygen atoms in total. The summed E-state index contributed by atoms with van der Waals surface area (Å²) in [5, 5.41) is 0.221. The summed E-state index contributed by atoms with van der Waals surface area (Å²) >= 11 is 1.88. The van der Waals surface area contributed by atoms with Crippen LogP contribution in [0.3, 0.4) is 0 Å². The van der Waals surface area contributed by atoms with Gasteiger partial charge in [-0.25, -0.2) is 0 Å². The third-order valence-corrected chi connectivity index (χ3v) is 6.51. The van der Waals surface area contributed by atoms with Gasteiger partial charge in [0.25, 0.3) is 0 Å². The molecule has 0 unspecified atom stereocenters. The fourth-order valence-corrected chi connectivity index (χ4v) is 4.79. The van der Waals surface area contributed by atoms with Crippen LogP contribution in [0, 0.1) is 6.42 Å². The van der Waals surface area contributed by atoms with Crippen molar-refractivity contribution in [2.75, 3.05) is 12.4 Å². The second-order valence-electron chi connectivity index (χ2n) is 7.63. The first-order chi connectivity index (χ1) is 15.4. The third kappa shape index (κ3) is 6.94. The van der Waals surface area contributed by atoms with E-state index < -0.39 is 0 Å². The molecule has 3 atom stereocenters. The number of hydrogen-bond donors (Lipinski definition) is 0. The molecular weight excluding hydrogens is 404 g/mol. The van der Waals surface area contributed by atoms with E-state index in [1.54, 1.807) is 0 Å². The van der Waals surface area contributed by atoms with Gasteiger partial charge in [-0.15, -0.1) is 0 Å². The molecule has 1 radical (unpaired) electrons. The van der Waals surface area contributed by atoms with Gasteiger partial charge in [0, 0.05) is 6.42 Å². The van der Waals surface area contributed by atoms with Crippen LogP contribution in [-0.4, -0.2) is 29.8 Å². The zero-order chi connectivity index (χ0) is 21.1. The van der Waals surface area contributed by atoms with Crippen molar-refractivity contribution in [3.63, 3.8) is 0 Å². The molecule has 0 aliphatic carbocycles. The Hall–Kier alpha value is -2.11. The fourth-order valence-electron chi connectivity index (χ4n) is 3.62. The zero-order valence-corrected chi connectivity index (χ0v) is 18.5.